The first-order chi connectivity index (χ1) is 18.2. The van der Waals surface area contributed by atoms with Crippen LogP contribution < -0.4 is 9.47 Å². The Bertz CT molecular complexity index is 1030. The second kappa shape index (κ2) is 20.3. The van der Waals surface area contributed by atoms with Crippen molar-refractivity contribution in [2.24, 2.45) is 0 Å². The monoisotopic (exact) mass is 582 g/mol. The van der Waals surface area contributed by atoms with Crippen LogP contribution in [0.15, 0.2) is 40.8 Å². The van der Waals surface area contributed by atoms with E-state index in [1.54, 1.807) is 0 Å². The molecular formula is C32H52Cl2N2O3. The van der Waals surface area contributed by atoms with Crippen molar-refractivity contribution in [2.75, 3.05) is 52.5 Å². The standard InChI is InChI=1S/C32H50N2O3.2ClH/c1-5-9-17-33(18-10-6-2)21-23-35-27-14-16-31-30(25-27)29-15-13-28(26-32(29)37-31)36-24-22-34(19-11-7-3)20-12-8-4;;/h13-16,25-26H,5-12,17-24H2,1-4H3;2*1H. The fraction of sp³-hybridized carbons (Fsp3) is 0.625. The van der Waals surface area contributed by atoms with E-state index in [1.807, 2.05) is 18.2 Å². The molecule has 1 heterocycles. The van der Waals surface area contributed by atoms with Crippen molar-refractivity contribution >= 4 is 46.8 Å². The van der Waals surface area contributed by atoms with Gasteiger partial charge in [0.15, 0.2) is 0 Å². The molecule has 0 bridgehead atoms. The number of fused-ring (bicyclic) bond motifs is 3. The summed E-state index contributed by atoms with van der Waals surface area (Å²) < 4.78 is 18.4. The molecule has 3 aromatic rings. The van der Waals surface area contributed by atoms with Crippen LogP contribution in [-0.4, -0.2) is 62.3 Å². The summed E-state index contributed by atoms with van der Waals surface area (Å²) in [5.74, 6) is 1.77. The number of ether oxygens (including phenoxy) is 2. The van der Waals surface area contributed by atoms with Gasteiger partial charge in [0.05, 0.1) is 0 Å². The number of nitrogens with zero attached hydrogens (tertiary/aromatic N) is 2. The van der Waals surface area contributed by atoms with Gasteiger partial charge in [0.1, 0.15) is 35.9 Å². The van der Waals surface area contributed by atoms with Gasteiger partial charge in [0.2, 0.25) is 0 Å². The van der Waals surface area contributed by atoms with Crippen molar-refractivity contribution in [3.8, 4) is 11.5 Å². The minimum Gasteiger partial charge on any atom is -0.492 e. The van der Waals surface area contributed by atoms with Gasteiger partial charge in [-0.05, 0) is 82.2 Å². The largest absolute Gasteiger partial charge is 0.492 e. The second-order valence-corrected chi connectivity index (χ2v) is 10.2. The number of halogens is 2. The topological polar surface area (TPSA) is 38.1 Å². The lowest BCUT2D eigenvalue weighted by molar-refractivity contribution is 0.204. The lowest BCUT2D eigenvalue weighted by atomic mass is 10.1. The van der Waals surface area contributed by atoms with Gasteiger partial charge >= 0.3 is 0 Å². The molecule has 3 rings (SSSR count). The van der Waals surface area contributed by atoms with Crippen LogP contribution in [0.25, 0.3) is 21.9 Å². The van der Waals surface area contributed by atoms with E-state index in [1.165, 1.54) is 51.4 Å². The Hall–Kier alpha value is -1.66. The zero-order chi connectivity index (χ0) is 26.3. The molecule has 0 N–H and O–H groups in total. The van der Waals surface area contributed by atoms with Crippen molar-refractivity contribution in [2.45, 2.75) is 79.1 Å². The molecule has 5 nitrogen and oxygen atoms in total. The van der Waals surface area contributed by atoms with Crippen molar-refractivity contribution in [3.63, 3.8) is 0 Å². The van der Waals surface area contributed by atoms with E-state index < -0.39 is 0 Å². The maximum atomic E-state index is 6.17. The van der Waals surface area contributed by atoms with Crippen LogP contribution in [0, 0.1) is 0 Å². The predicted octanol–water partition coefficient (Wildman–Crippen LogP) is 8.99. The fourth-order valence-corrected chi connectivity index (χ4v) is 4.70. The second-order valence-electron chi connectivity index (χ2n) is 10.2. The highest BCUT2D eigenvalue weighted by Gasteiger charge is 2.11. The van der Waals surface area contributed by atoms with Gasteiger partial charge in [0.25, 0.3) is 0 Å². The number of hydrogen-bond acceptors (Lipinski definition) is 5. The molecule has 0 fully saturated rings. The smallest absolute Gasteiger partial charge is 0.139 e. The van der Waals surface area contributed by atoms with Crippen LogP contribution in [-0.2, 0) is 0 Å². The molecular weight excluding hydrogens is 531 g/mol. The first-order valence-corrected chi connectivity index (χ1v) is 14.8. The number of furan rings is 1. The molecule has 0 spiro atoms. The molecule has 0 atom stereocenters. The Morgan fingerprint density at radius 2 is 1.00 bits per heavy atom. The van der Waals surface area contributed by atoms with Crippen LogP contribution >= 0.6 is 24.8 Å². The molecule has 39 heavy (non-hydrogen) atoms. The lowest BCUT2D eigenvalue weighted by Gasteiger charge is -2.22. The van der Waals surface area contributed by atoms with E-state index >= 15 is 0 Å². The molecule has 0 aliphatic heterocycles. The van der Waals surface area contributed by atoms with E-state index in [-0.39, 0.29) is 24.8 Å². The molecule has 7 heteroatoms. The number of benzene rings is 2. The summed E-state index contributed by atoms with van der Waals surface area (Å²) in [5.41, 5.74) is 1.75. The number of hydrogen-bond donors (Lipinski definition) is 0. The Balaban J connectivity index is 0.00000380. The van der Waals surface area contributed by atoms with Gasteiger partial charge in [0, 0.05) is 29.9 Å². The van der Waals surface area contributed by atoms with E-state index in [0.717, 1.165) is 72.7 Å². The van der Waals surface area contributed by atoms with E-state index in [4.69, 9.17) is 13.9 Å². The minimum absolute atomic E-state index is 0. The van der Waals surface area contributed by atoms with Crippen LogP contribution in [0.3, 0.4) is 0 Å². The van der Waals surface area contributed by atoms with Gasteiger partial charge < -0.3 is 13.9 Å². The summed E-state index contributed by atoms with van der Waals surface area (Å²) >= 11 is 0. The highest BCUT2D eigenvalue weighted by Crippen LogP contribution is 2.33. The molecule has 0 saturated heterocycles. The average Bonchev–Trinajstić information content (AvgIpc) is 3.28. The Morgan fingerprint density at radius 1 is 0.538 bits per heavy atom. The maximum Gasteiger partial charge on any atom is 0.139 e. The predicted molar refractivity (Wildman–Crippen MR) is 172 cm³/mol. The molecule has 2 aromatic carbocycles. The zero-order valence-corrected chi connectivity index (χ0v) is 26.3. The molecule has 0 radical (unpaired) electrons. The first-order valence-electron chi connectivity index (χ1n) is 14.8. The van der Waals surface area contributed by atoms with Gasteiger partial charge in [-0.15, -0.1) is 24.8 Å². The zero-order valence-electron chi connectivity index (χ0n) is 24.7. The molecule has 0 aliphatic carbocycles. The third kappa shape index (κ3) is 11.8. The summed E-state index contributed by atoms with van der Waals surface area (Å²) in [6.45, 7) is 17.0. The summed E-state index contributed by atoms with van der Waals surface area (Å²) in [7, 11) is 0. The number of rotatable bonds is 20. The summed E-state index contributed by atoms with van der Waals surface area (Å²) in [6, 6.07) is 12.4. The van der Waals surface area contributed by atoms with E-state index in [9.17, 15) is 0 Å². The van der Waals surface area contributed by atoms with Crippen molar-refractivity contribution in [1.82, 2.24) is 9.80 Å². The van der Waals surface area contributed by atoms with Crippen molar-refractivity contribution < 1.29 is 13.9 Å². The van der Waals surface area contributed by atoms with E-state index in [2.05, 4.69) is 55.7 Å². The van der Waals surface area contributed by atoms with Crippen LogP contribution in [0.5, 0.6) is 11.5 Å². The van der Waals surface area contributed by atoms with Gasteiger partial charge in [-0.2, -0.15) is 0 Å². The average molecular weight is 584 g/mol. The molecule has 0 saturated carbocycles. The lowest BCUT2D eigenvalue weighted by Crippen LogP contribution is -2.30. The normalized spacial score (nSPS) is 11.2. The number of unbranched alkanes of at least 4 members (excludes halogenated alkanes) is 4. The minimum atomic E-state index is 0. The Labute approximate surface area is 249 Å². The SMILES string of the molecule is CCCCN(CCCC)CCOc1ccc2c(c1)oc1ccc(OCCN(CCCC)CCCC)cc12.Cl.Cl. The van der Waals surface area contributed by atoms with Crippen molar-refractivity contribution in [3.05, 3.63) is 36.4 Å². The third-order valence-electron chi connectivity index (χ3n) is 7.08. The molecule has 0 amide bonds. The first kappa shape index (κ1) is 35.4. The fourth-order valence-electron chi connectivity index (χ4n) is 4.70. The molecule has 222 valence electrons. The highest BCUT2D eigenvalue weighted by atomic mass is 35.5. The summed E-state index contributed by atoms with van der Waals surface area (Å²) in [6.07, 6.45) is 9.92. The summed E-state index contributed by atoms with van der Waals surface area (Å²) in [4.78, 5) is 5.06. The maximum absolute atomic E-state index is 6.17. The van der Waals surface area contributed by atoms with Gasteiger partial charge in [-0.3, -0.25) is 9.80 Å². The third-order valence-corrected chi connectivity index (χ3v) is 7.08. The molecule has 0 aliphatic rings. The van der Waals surface area contributed by atoms with Gasteiger partial charge in [-0.25, -0.2) is 0 Å². The molecule has 0 unspecified atom stereocenters. The van der Waals surface area contributed by atoms with Crippen LogP contribution in [0.1, 0.15) is 79.1 Å². The molecule has 1 aromatic heterocycles. The van der Waals surface area contributed by atoms with Crippen molar-refractivity contribution in [1.29, 1.82) is 0 Å². The Kier molecular flexibility index (Phi) is 18.4. The Morgan fingerprint density at radius 3 is 1.49 bits per heavy atom. The van der Waals surface area contributed by atoms with Gasteiger partial charge in [-0.1, -0.05) is 53.4 Å². The van der Waals surface area contributed by atoms with E-state index in [0.29, 0.717) is 13.2 Å². The highest BCUT2D eigenvalue weighted by molar-refractivity contribution is 6.05. The quantitative estimate of drug-likeness (QED) is 0.133. The van der Waals surface area contributed by atoms with Crippen LogP contribution in [0.4, 0.5) is 0 Å². The summed E-state index contributed by atoms with van der Waals surface area (Å²) in [5, 5.41) is 2.20. The van der Waals surface area contributed by atoms with Crippen LogP contribution in [0.2, 0.25) is 0 Å².